The summed E-state index contributed by atoms with van der Waals surface area (Å²) in [6.45, 7) is 0.530. The van der Waals surface area contributed by atoms with E-state index in [4.69, 9.17) is 4.74 Å². The first kappa shape index (κ1) is 17.9. The normalized spacial score (nSPS) is 10.9. The zero-order valence-corrected chi connectivity index (χ0v) is 15.1. The second kappa shape index (κ2) is 8.45. The molecule has 0 radical (unpaired) electrons. The Hall–Kier alpha value is -2.92. The molecule has 0 spiro atoms. The van der Waals surface area contributed by atoms with Crippen molar-refractivity contribution < 1.29 is 9.53 Å². The fraction of sp³-hybridized carbons (Fsp3) is 0.238. The number of nitrogens with zero attached hydrogens (tertiary/aromatic N) is 3. The van der Waals surface area contributed by atoms with Crippen molar-refractivity contribution in [2.45, 2.75) is 12.6 Å². The van der Waals surface area contributed by atoms with Crippen molar-refractivity contribution in [3.63, 3.8) is 0 Å². The van der Waals surface area contributed by atoms with Gasteiger partial charge in [-0.05, 0) is 11.1 Å². The molecule has 1 amide bonds. The Bertz CT molecular complexity index is 791. The molecule has 0 unspecified atom stereocenters. The molecule has 1 aromatic heterocycles. The van der Waals surface area contributed by atoms with E-state index in [0.29, 0.717) is 6.54 Å². The summed E-state index contributed by atoms with van der Waals surface area (Å²) >= 11 is 0. The number of hydrogen-bond donors (Lipinski definition) is 0. The fourth-order valence-corrected chi connectivity index (χ4v) is 2.82. The quantitative estimate of drug-likeness (QED) is 0.658. The van der Waals surface area contributed by atoms with Crippen LogP contribution in [0.3, 0.4) is 0 Å². The van der Waals surface area contributed by atoms with Crippen molar-refractivity contribution in [2.24, 2.45) is 7.05 Å². The zero-order valence-electron chi connectivity index (χ0n) is 15.1. The van der Waals surface area contributed by atoms with Crippen molar-refractivity contribution >= 4 is 5.91 Å². The Morgan fingerprint density at radius 1 is 1.08 bits per heavy atom. The Labute approximate surface area is 153 Å². The van der Waals surface area contributed by atoms with E-state index in [0.717, 1.165) is 16.7 Å². The Morgan fingerprint density at radius 3 is 2.15 bits per heavy atom. The highest BCUT2D eigenvalue weighted by atomic mass is 16.5. The number of amides is 1. The van der Waals surface area contributed by atoms with E-state index in [9.17, 15) is 4.79 Å². The SMILES string of the molecule is CN(Cc1cnn(C)c1)C(=O)COC(c1ccccc1)c1ccccc1. The van der Waals surface area contributed by atoms with Gasteiger partial charge < -0.3 is 9.64 Å². The topological polar surface area (TPSA) is 47.4 Å². The molecule has 0 fully saturated rings. The molecule has 5 heteroatoms. The molecule has 0 aliphatic heterocycles. The van der Waals surface area contributed by atoms with Crippen LogP contribution in [0.4, 0.5) is 0 Å². The van der Waals surface area contributed by atoms with Crippen molar-refractivity contribution in [3.8, 4) is 0 Å². The Balaban J connectivity index is 1.66. The molecule has 0 saturated heterocycles. The van der Waals surface area contributed by atoms with Gasteiger partial charge in [0.05, 0.1) is 6.20 Å². The molecule has 0 aliphatic rings. The van der Waals surface area contributed by atoms with Gasteiger partial charge >= 0.3 is 0 Å². The molecular formula is C21H23N3O2. The van der Waals surface area contributed by atoms with Gasteiger partial charge in [0.15, 0.2) is 0 Å². The lowest BCUT2D eigenvalue weighted by Crippen LogP contribution is -2.30. The summed E-state index contributed by atoms with van der Waals surface area (Å²) in [6, 6.07) is 19.9. The van der Waals surface area contributed by atoms with Gasteiger partial charge in [-0.1, -0.05) is 60.7 Å². The van der Waals surface area contributed by atoms with Crippen molar-refractivity contribution in [3.05, 3.63) is 89.7 Å². The van der Waals surface area contributed by atoms with Crippen LogP contribution >= 0.6 is 0 Å². The van der Waals surface area contributed by atoms with E-state index < -0.39 is 0 Å². The molecule has 3 aromatic rings. The molecule has 26 heavy (non-hydrogen) atoms. The third-order valence-electron chi connectivity index (χ3n) is 4.18. The number of aryl methyl sites for hydroxylation is 1. The average Bonchev–Trinajstić information content (AvgIpc) is 3.08. The standard InChI is InChI=1S/C21H23N3O2/c1-23(14-17-13-22-24(2)15-17)20(25)16-26-21(18-9-5-3-6-10-18)19-11-7-4-8-12-19/h3-13,15,21H,14,16H2,1-2H3. The zero-order chi connectivity index (χ0) is 18.4. The Morgan fingerprint density at radius 2 is 1.65 bits per heavy atom. The van der Waals surface area contributed by atoms with Gasteiger partial charge in [-0.15, -0.1) is 0 Å². The molecule has 0 aliphatic carbocycles. The highest BCUT2D eigenvalue weighted by Crippen LogP contribution is 2.25. The van der Waals surface area contributed by atoms with Crippen LogP contribution in [0.2, 0.25) is 0 Å². The summed E-state index contributed by atoms with van der Waals surface area (Å²) in [6.07, 6.45) is 3.40. The third-order valence-corrected chi connectivity index (χ3v) is 4.18. The highest BCUT2D eigenvalue weighted by Gasteiger charge is 2.18. The van der Waals surface area contributed by atoms with E-state index in [1.807, 2.05) is 73.9 Å². The number of likely N-dealkylation sites (N-methyl/N-ethyl adjacent to an activating group) is 1. The molecule has 134 valence electrons. The smallest absolute Gasteiger partial charge is 0.248 e. The average molecular weight is 349 g/mol. The van der Waals surface area contributed by atoms with Gasteiger partial charge in [-0.2, -0.15) is 5.10 Å². The summed E-state index contributed by atoms with van der Waals surface area (Å²) in [4.78, 5) is 14.2. The van der Waals surface area contributed by atoms with Crippen LogP contribution in [0.5, 0.6) is 0 Å². The first-order valence-corrected chi connectivity index (χ1v) is 8.56. The third kappa shape index (κ3) is 4.58. The number of aromatic nitrogens is 2. The molecule has 1 heterocycles. The summed E-state index contributed by atoms with van der Waals surface area (Å²) in [5, 5.41) is 4.13. The molecule has 0 atom stereocenters. The minimum atomic E-state index is -0.270. The van der Waals surface area contributed by atoms with Crippen LogP contribution in [0.1, 0.15) is 22.8 Å². The molecule has 0 bridgehead atoms. The first-order chi connectivity index (χ1) is 12.6. The van der Waals surface area contributed by atoms with Gasteiger partial charge in [0, 0.05) is 32.4 Å². The summed E-state index contributed by atoms with van der Waals surface area (Å²) in [5.74, 6) is -0.0642. The van der Waals surface area contributed by atoms with E-state index in [-0.39, 0.29) is 18.6 Å². The molecule has 0 N–H and O–H groups in total. The first-order valence-electron chi connectivity index (χ1n) is 8.56. The molecule has 3 rings (SSSR count). The molecule has 5 nitrogen and oxygen atoms in total. The lowest BCUT2D eigenvalue weighted by atomic mass is 10.0. The minimum Gasteiger partial charge on any atom is -0.359 e. The van der Waals surface area contributed by atoms with Crippen LogP contribution in [0.15, 0.2) is 73.1 Å². The van der Waals surface area contributed by atoms with E-state index in [1.165, 1.54) is 0 Å². The van der Waals surface area contributed by atoms with E-state index in [2.05, 4.69) is 5.10 Å². The predicted octanol–water partition coefficient (Wildman–Crippen LogP) is 3.18. The van der Waals surface area contributed by atoms with Crippen molar-refractivity contribution in [1.29, 1.82) is 0 Å². The molecular weight excluding hydrogens is 326 g/mol. The second-order valence-electron chi connectivity index (χ2n) is 6.28. The minimum absolute atomic E-state index is 0.0191. The number of hydrogen-bond acceptors (Lipinski definition) is 3. The number of ether oxygens (including phenoxy) is 1. The summed E-state index contributed by atoms with van der Waals surface area (Å²) in [5.41, 5.74) is 3.05. The van der Waals surface area contributed by atoms with Gasteiger partial charge in [0.25, 0.3) is 0 Å². The lowest BCUT2D eigenvalue weighted by molar-refractivity contribution is -0.136. The largest absolute Gasteiger partial charge is 0.359 e. The second-order valence-corrected chi connectivity index (χ2v) is 6.28. The van der Waals surface area contributed by atoms with E-state index >= 15 is 0 Å². The number of benzene rings is 2. The summed E-state index contributed by atoms with van der Waals surface area (Å²) in [7, 11) is 3.64. The van der Waals surface area contributed by atoms with Crippen LogP contribution in [-0.4, -0.2) is 34.2 Å². The molecule has 0 saturated carbocycles. The highest BCUT2D eigenvalue weighted by molar-refractivity contribution is 5.77. The number of rotatable bonds is 7. The van der Waals surface area contributed by atoms with Gasteiger partial charge in [0.1, 0.15) is 12.7 Å². The molecule has 2 aromatic carbocycles. The van der Waals surface area contributed by atoms with Crippen LogP contribution in [0.25, 0.3) is 0 Å². The fourth-order valence-electron chi connectivity index (χ4n) is 2.82. The van der Waals surface area contributed by atoms with Crippen LogP contribution < -0.4 is 0 Å². The number of carbonyl (C=O) groups is 1. The monoisotopic (exact) mass is 349 g/mol. The van der Waals surface area contributed by atoms with Crippen LogP contribution in [-0.2, 0) is 23.1 Å². The number of carbonyl (C=O) groups excluding carboxylic acids is 1. The predicted molar refractivity (Wildman–Crippen MR) is 100 cm³/mol. The maximum absolute atomic E-state index is 12.5. The van der Waals surface area contributed by atoms with Crippen molar-refractivity contribution in [1.82, 2.24) is 14.7 Å². The summed E-state index contributed by atoms with van der Waals surface area (Å²) < 4.78 is 7.76. The lowest BCUT2D eigenvalue weighted by Gasteiger charge is -2.21. The maximum atomic E-state index is 12.5. The van der Waals surface area contributed by atoms with Gasteiger partial charge in [0.2, 0.25) is 5.91 Å². The maximum Gasteiger partial charge on any atom is 0.248 e. The van der Waals surface area contributed by atoms with Gasteiger partial charge in [-0.3, -0.25) is 9.48 Å². The van der Waals surface area contributed by atoms with E-state index in [1.54, 1.807) is 22.8 Å². The van der Waals surface area contributed by atoms with Gasteiger partial charge in [-0.25, -0.2) is 0 Å². The Kier molecular flexibility index (Phi) is 5.81. The van der Waals surface area contributed by atoms with Crippen LogP contribution in [0, 0.1) is 0 Å². The van der Waals surface area contributed by atoms with Crippen molar-refractivity contribution in [2.75, 3.05) is 13.7 Å².